The maximum Gasteiger partial charge on any atom is 0.500 e. The third-order valence-electron chi connectivity index (χ3n) is 9.26. The van der Waals surface area contributed by atoms with Crippen molar-refractivity contribution in [3.05, 3.63) is 0 Å². The summed E-state index contributed by atoms with van der Waals surface area (Å²) >= 11 is 0. The molecular weight excluding hydrogens is 492 g/mol. The van der Waals surface area contributed by atoms with Crippen LogP contribution in [0.4, 0.5) is 0 Å². The van der Waals surface area contributed by atoms with Gasteiger partial charge in [0.25, 0.3) is 0 Å². The van der Waals surface area contributed by atoms with Gasteiger partial charge in [-0.05, 0) is 95.6 Å². The number of fused-ring (bicyclic) bond motifs is 2. The molecule has 36 heavy (non-hydrogen) atoms. The second-order valence-corrected chi connectivity index (χ2v) is 17.8. The summed E-state index contributed by atoms with van der Waals surface area (Å²) in [6, 6.07) is 2.03. The highest BCUT2D eigenvalue weighted by atomic mass is 28.4. The quantitative estimate of drug-likeness (QED) is 0.197. The van der Waals surface area contributed by atoms with Crippen molar-refractivity contribution in [2.75, 3.05) is 34.5 Å². The third-order valence-corrected chi connectivity index (χ3v) is 15.2. The topological polar surface area (TPSA) is 71.2 Å². The van der Waals surface area contributed by atoms with Gasteiger partial charge in [0.05, 0.1) is 23.9 Å². The molecule has 0 aromatic carbocycles. The first-order valence-electron chi connectivity index (χ1n) is 14.5. The van der Waals surface area contributed by atoms with E-state index in [0.29, 0.717) is 24.2 Å². The molecule has 2 aliphatic carbocycles. The SMILES string of the molecule is CCO[Si](C)(CC(C)C1CCC2(CC)OC2C1)OCC.CO[Si](CCC1CCC2OC2C1)(OC)OC. The first-order valence-corrected chi connectivity index (χ1v) is 18.9. The number of ether oxygens (including phenoxy) is 2. The van der Waals surface area contributed by atoms with Crippen molar-refractivity contribution in [1.82, 2.24) is 0 Å². The van der Waals surface area contributed by atoms with Gasteiger partial charge in [0, 0.05) is 40.6 Å². The zero-order valence-corrected chi connectivity index (χ0v) is 26.3. The lowest BCUT2D eigenvalue weighted by atomic mass is 9.76. The Morgan fingerprint density at radius 2 is 1.58 bits per heavy atom. The van der Waals surface area contributed by atoms with E-state index in [0.717, 1.165) is 43.6 Å². The van der Waals surface area contributed by atoms with Gasteiger partial charge in [-0.2, -0.15) is 0 Å². The zero-order valence-electron chi connectivity index (χ0n) is 24.3. The Kier molecular flexibility index (Phi) is 11.5. The number of rotatable bonds is 14. The van der Waals surface area contributed by atoms with Crippen LogP contribution in [0.2, 0.25) is 18.6 Å². The van der Waals surface area contributed by atoms with Gasteiger partial charge in [-0.15, -0.1) is 0 Å². The molecule has 2 saturated heterocycles. The Hall–Kier alpha value is 0.154. The van der Waals surface area contributed by atoms with Crippen molar-refractivity contribution in [2.45, 2.75) is 122 Å². The van der Waals surface area contributed by atoms with Crippen molar-refractivity contribution < 1.29 is 31.6 Å². The highest BCUT2D eigenvalue weighted by Gasteiger charge is 2.58. The van der Waals surface area contributed by atoms with Crippen LogP contribution in [0.5, 0.6) is 0 Å². The fourth-order valence-electron chi connectivity index (χ4n) is 6.77. The molecule has 7 unspecified atom stereocenters. The summed E-state index contributed by atoms with van der Waals surface area (Å²) < 4.78 is 39.8. The normalized spacial score (nSPS) is 34.2. The molecule has 0 aromatic heterocycles. The van der Waals surface area contributed by atoms with E-state index in [1.807, 2.05) is 0 Å². The molecule has 0 bridgehead atoms. The predicted octanol–water partition coefficient (Wildman–Crippen LogP) is 5.94. The maximum atomic E-state index is 6.00. The fourth-order valence-corrected chi connectivity index (χ4v) is 11.7. The minimum absolute atomic E-state index is 0.275. The van der Waals surface area contributed by atoms with E-state index in [9.17, 15) is 0 Å². The van der Waals surface area contributed by atoms with Crippen molar-refractivity contribution in [1.29, 1.82) is 0 Å². The molecule has 212 valence electrons. The van der Waals surface area contributed by atoms with Crippen molar-refractivity contribution in [2.24, 2.45) is 17.8 Å². The van der Waals surface area contributed by atoms with Gasteiger partial charge in [0.2, 0.25) is 0 Å². The summed E-state index contributed by atoms with van der Waals surface area (Å²) in [5.74, 6) is 2.23. The van der Waals surface area contributed by atoms with E-state index in [1.165, 1.54) is 44.9 Å². The Morgan fingerprint density at radius 1 is 0.917 bits per heavy atom. The number of hydrogen-bond acceptors (Lipinski definition) is 7. The van der Waals surface area contributed by atoms with Gasteiger partial charge in [-0.25, -0.2) is 0 Å². The Bertz CT molecular complexity index is 650. The van der Waals surface area contributed by atoms with Crippen LogP contribution in [0, 0.1) is 17.8 Å². The maximum absolute atomic E-state index is 6.00. The second-order valence-electron chi connectivity index (χ2n) is 11.5. The fraction of sp³-hybridized carbons (Fsp3) is 1.00. The van der Waals surface area contributed by atoms with E-state index >= 15 is 0 Å². The van der Waals surface area contributed by atoms with Gasteiger partial charge >= 0.3 is 17.4 Å². The Morgan fingerprint density at radius 3 is 2.11 bits per heavy atom. The molecule has 2 saturated carbocycles. The van der Waals surface area contributed by atoms with Crippen molar-refractivity contribution in [3.8, 4) is 0 Å². The lowest BCUT2D eigenvalue weighted by Gasteiger charge is -2.34. The summed E-state index contributed by atoms with van der Waals surface area (Å²) in [4.78, 5) is 0. The highest BCUT2D eigenvalue weighted by molar-refractivity contribution is 6.66. The first-order chi connectivity index (χ1) is 17.2. The summed E-state index contributed by atoms with van der Waals surface area (Å²) in [5, 5.41) is 0. The van der Waals surface area contributed by atoms with Crippen LogP contribution >= 0.6 is 0 Å². The molecule has 9 heteroatoms. The van der Waals surface area contributed by atoms with Crippen molar-refractivity contribution >= 4 is 17.4 Å². The molecular formula is C27H54O7Si2. The lowest BCUT2D eigenvalue weighted by molar-refractivity contribution is 0.120. The predicted molar refractivity (Wildman–Crippen MR) is 146 cm³/mol. The molecule has 7 nitrogen and oxygen atoms in total. The standard InChI is InChI=1S/C16H32O3Si.C11H22O4Si/c1-6-16-10-9-14(11-15(16)19-16)13(4)12-20(5,17-7-2)18-8-3;1-12-16(13-2,14-3)7-6-9-4-5-10-11(8-9)15-10/h13-15H,6-12H2,1-5H3;9-11H,4-8H2,1-3H3. The molecule has 4 rings (SSSR count). The van der Waals surface area contributed by atoms with E-state index in [1.54, 1.807) is 21.3 Å². The molecule has 0 radical (unpaired) electrons. The summed E-state index contributed by atoms with van der Waals surface area (Å²) in [6.45, 7) is 12.6. The van der Waals surface area contributed by atoms with Crippen LogP contribution < -0.4 is 0 Å². The van der Waals surface area contributed by atoms with Gasteiger partial charge in [-0.1, -0.05) is 13.8 Å². The summed E-state index contributed by atoms with van der Waals surface area (Å²) in [7, 11) is 0.719. The molecule has 2 aliphatic heterocycles. The van der Waals surface area contributed by atoms with E-state index in [2.05, 4.69) is 34.2 Å². The molecule has 4 fully saturated rings. The minimum atomic E-state index is -2.35. The summed E-state index contributed by atoms with van der Waals surface area (Å²) in [5.41, 5.74) is 0.275. The Labute approximate surface area is 222 Å². The van der Waals surface area contributed by atoms with Gasteiger partial charge < -0.3 is 31.6 Å². The van der Waals surface area contributed by atoms with Crippen LogP contribution in [-0.4, -0.2) is 75.8 Å². The Balaban J connectivity index is 0.000000205. The van der Waals surface area contributed by atoms with Crippen LogP contribution in [0.15, 0.2) is 0 Å². The van der Waals surface area contributed by atoms with Crippen LogP contribution in [0.3, 0.4) is 0 Å². The second kappa shape index (κ2) is 13.5. The van der Waals surface area contributed by atoms with E-state index in [4.69, 9.17) is 31.6 Å². The van der Waals surface area contributed by atoms with Crippen LogP contribution in [0.1, 0.15) is 79.1 Å². The summed E-state index contributed by atoms with van der Waals surface area (Å²) in [6.07, 6.45) is 11.5. The minimum Gasteiger partial charge on any atom is -0.395 e. The van der Waals surface area contributed by atoms with Crippen LogP contribution in [0.25, 0.3) is 0 Å². The van der Waals surface area contributed by atoms with Gasteiger partial charge in [-0.3, -0.25) is 0 Å². The number of hydrogen-bond donors (Lipinski definition) is 0. The van der Waals surface area contributed by atoms with Gasteiger partial charge in [0.1, 0.15) is 0 Å². The highest BCUT2D eigenvalue weighted by Crippen LogP contribution is 2.53. The molecule has 0 amide bonds. The lowest BCUT2D eigenvalue weighted by Crippen LogP contribution is -2.43. The van der Waals surface area contributed by atoms with Crippen LogP contribution in [-0.2, 0) is 31.6 Å². The van der Waals surface area contributed by atoms with E-state index < -0.39 is 17.4 Å². The largest absolute Gasteiger partial charge is 0.500 e. The molecule has 2 heterocycles. The average Bonchev–Trinajstić information content (AvgIpc) is 3.79. The average molecular weight is 547 g/mol. The monoisotopic (exact) mass is 546 g/mol. The smallest absolute Gasteiger partial charge is 0.395 e. The zero-order chi connectivity index (χ0) is 26.4. The molecule has 7 atom stereocenters. The molecule has 0 spiro atoms. The van der Waals surface area contributed by atoms with Crippen molar-refractivity contribution in [3.63, 3.8) is 0 Å². The molecule has 0 aromatic rings. The third kappa shape index (κ3) is 7.85. The first kappa shape index (κ1) is 30.7. The molecule has 4 aliphatic rings. The van der Waals surface area contributed by atoms with E-state index in [-0.39, 0.29) is 5.60 Å². The molecule has 0 N–H and O–H groups in total. The number of epoxide rings is 2. The van der Waals surface area contributed by atoms with Gasteiger partial charge in [0.15, 0.2) is 0 Å².